The zero-order chi connectivity index (χ0) is 13.5. The van der Waals surface area contributed by atoms with Crippen LogP contribution in [0.2, 0.25) is 0 Å². The van der Waals surface area contributed by atoms with Gasteiger partial charge < -0.3 is 9.84 Å². The first-order valence-corrected chi connectivity index (χ1v) is 5.76. The molecule has 0 unspecified atom stereocenters. The first kappa shape index (κ1) is 12.7. The average Bonchev–Trinajstić information content (AvgIpc) is 2.45. The van der Waals surface area contributed by atoms with Crippen molar-refractivity contribution < 1.29 is 14.6 Å². The van der Waals surface area contributed by atoms with Crippen molar-refractivity contribution in [2.45, 2.75) is 6.61 Å². The summed E-state index contributed by atoms with van der Waals surface area (Å²) < 4.78 is 5.66. The number of aliphatic carboxylic acids is 1. The highest BCUT2D eigenvalue weighted by atomic mass is 16.5. The van der Waals surface area contributed by atoms with Crippen LogP contribution in [0.5, 0.6) is 5.75 Å². The number of carbonyl (C=O) groups is 1. The number of hydrogen-bond acceptors (Lipinski definition) is 2. The molecule has 0 radical (unpaired) electrons. The summed E-state index contributed by atoms with van der Waals surface area (Å²) in [5.74, 6) is 4.09. The van der Waals surface area contributed by atoms with Crippen LogP contribution in [0.15, 0.2) is 54.6 Å². The van der Waals surface area contributed by atoms with Crippen molar-refractivity contribution in [3.05, 3.63) is 65.7 Å². The molecule has 0 amide bonds. The molecular formula is C16H12O3. The standard InChI is InChI=1S/C16H12O3/c17-16(18)11-10-14-8-4-5-9-15(14)19-12-13-6-2-1-3-7-13/h1-9H,12H2,(H,17,18). The normalized spacial score (nSPS) is 9.26. The molecular weight excluding hydrogens is 240 g/mol. The highest BCUT2D eigenvalue weighted by molar-refractivity contribution is 5.87. The van der Waals surface area contributed by atoms with E-state index in [1.165, 1.54) is 0 Å². The lowest BCUT2D eigenvalue weighted by Gasteiger charge is -2.07. The maximum absolute atomic E-state index is 10.4. The molecule has 3 nitrogen and oxygen atoms in total. The average molecular weight is 252 g/mol. The Balaban J connectivity index is 2.13. The van der Waals surface area contributed by atoms with Crippen LogP contribution in [0.25, 0.3) is 0 Å². The zero-order valence-electron chi connectivity index (χ0n) is 10.2. The van der Waals surface area contributed by atoms with Gasteiger partial charge in [0.25, 0.3) is 0 Å². The van der Waals surface area contributed by atoms with Crippen LogP contribution in [-0.2, 0) is 11.4 Å². The fourth-order valence-corrected chi connectivity index (χ4v) is 1.55. The van der Waals surface area contributed by atoms with E-state index in [9.17, 15) is 4.79 Å². The largest absolute Gasteiger partial charge is 0.488 e. The molecule has 0 bridgehead atoms. The van der Waals surface area contributed by atoms with E-state index in [-0.39, 0.29) is 0 Å². The predicted molar refractivity (Wildman–Crippen MR) is 71.7 cm³/mol. The Hall–Kier alpha value is -2.73. The van der Waals surface area contributed by atoms with E-state index >= 15 is 0 Å². The van der Waals surface area contributed by atoms with E-state index in [0.29, 0.717) is 17.9 Å². The number of carboxylic acids is 1. The molecule has 2 rings (SSSR count). The van der Waals surface area contributed by atoms with Gasteiger partial charge in [-0.15, -0.1) is 0 Å². The Kier molecular flexibility index (Phi) is 4.20. The Morgan fingerprint density at radius 2 is 1.74 bits per heavy atom. The summed E-state index contributed by atoms with van der Waals surface area (Å²) >= 11 is 0. The minimum atomic E-state index is -1.15. The molecule has 0 heterocycles. The maximum Gasteiger partial charge on any atom is 0.382 e. The van der Waals surface area contributed by atoms with E-state index < -0.39 is 5.97 Å². The summed E-state index contributed by atoms with van der Waals surface area (Å²) in [6, 6.07) is 16.9. The topological polar surface area (TPSA) is 46.5 Å². The Morgan fingerprint density at radius 1 is 1.05 bits per heavy atom. The zero-order valence-corrected chi connectivity index (χ0v) is 10.2. The summed E-state index contributed by atoms with van der Waals surface area (Å²) in [6.45, 7) is 0.423. The van der Waals surface area contributed by atoms with Gasteiger partial charge in [-0.05, 0) is 17.7 Å². The number of para-hydroxylation sites is 1. The molecule has 19 heavy (non-hydrogen) atoms. The molecule has 0 spiro atoms. The van der Waals surface area contributed by atoms with Crippen molar-refractivity contribution in [1.82, 2.24) is 0 Å². The van der Waals surface area contributed by atoms with E-state index in [0.717, 1.165) is 5.56 Å². The Labute approximate surface area is 111 Å². The monoisotopic (exact) mass is 252 g/mol. The first-order valence-electron chi connectivity index (χ1n) is 5.76. The van der Waals surface area contributed by atoms with E-state index in [1.54, 1.807) is 18.2 Å². The van der Waals surface area contributed by atoms with Crippen molar-refractivity contribution >= 4 is 5.97 Å². The maximum atomic E-state index is 10.4. The van der Waals surface area contributed by atoms with Gasteiger partial charge in [-0.1, -0.05) is 48.4 Å². The third-order valence-electron chi connectivity index (χ3n) is 2.43. The first-order chi connectivity index (χ1) is 9.25. The molecule has 0 aliphatic rings. The smallest absolute Gasteiger partial charge is 0.382 e. The molecule has 1 N–H and O–H groups in total. The van der Waals surface area contributed by atoms with Crippen LogP contribution < -0.4 is 4.74 Å². The quantitative estimate of drug-likeness (QED) is 0.854. The lowest BCUT2D eigenvalue weighted by atomic mass is 10.2. The minimum absolute atomic E-state index is 0.423. The van der Waals surface area contributed by atoms with Crippen LogP contribution in [-0.4, -0.2) is 11.1 Å². The van der Waals surface area contributed by atoms with Gasteiger partial charge in [-0.3, -0.25) is 0 Å². The molecule has 0 fully saturated rings. The third kappa shape index (κ3) is 3.90. The Morgan fingerprint density at radius 3 is 2.47 bits per heavy atom. The van der Waals surface area contributed by atoms with Gasteiger partial charge in [0.15, 0.2) is 0 Å². The van der Waals surface area contributed by atoms with Gasteiger partial charge in [-0.25, -0.2) is 4.79 Å². The van der Waals surface area contributed by atoms with Gasteiger partial charge in [0.05, 0.1) is 5.56 Å². The summed E-state index contributed by atoms with van der Waals surface area (Å²) in [7, 11) is 0. The second-order valence-electron chi connectivity index (χ2n) is 3.83. The molecule has 2 aromatic rings. The molecule has 0 saturated heterocycles. The van der Waals surface area contributed by atoms with E-state index in [2.05, 4.69) is 11.8 Å². The summed E-state index contributed by atoms with van der Waals surface area (Å²) in [5.41, 5.74) is 1.62. The van der Waals surface area contributed by atoms with Gasteiger partial charge >= 0.3 is 5.97 Å². The van der Waals surface area contributed by atoms with Crippen LogP contribution in [0.1, 0.15) is 11.1 Å². The van der Waals surface area contributed by atoms with Crippen LogP contribution >= 0.6 is 0 Å². The van der Waals surface area contributed by atoms with Crippen molar-refractivity contribution in [2.75, 3.05) is 0 Å². The van der Waals surface area contributed by atoms with Crippen LogP contribution in [0, 0.1) is 11.8 Å². The molecule has 94 valence electrons. The second-order valence-corrected chi connectivity index (χ2v) is 3.83. The number of hydrogen-bond donors (Lipinski definition) is 1. The molecule has 2 aromatic carbocycles. The number of ether oxygens (including phenoxy) is 1. The van der Waals surface area contributed by atoms with Crippen LogP contribution in [0.4, 0.5) is 0 Å². The third-order valence-corrected chi connectivity index (χ3v) is 2.43. The lowest BCUT2D eigenvalue weighted by Crippen LogP contribution is -1.97. The molecule has 0 saturated carbocycles. The Bertz CT molecular complexity index is 621. The molecule has 0 aromatic heterocycles. The van der Waals surface area contributed by atoms with Crippen molar-refractivity contribution in [2.24, 2.45) is 0 Å². The highest BCUT2D eigenvalue weighted by Crippen LogP contribution is 2.18. The van der Waals surface area contributed by atoms with E-state index in [4.69, 9.17) is 9.84 Å². The highest BCUT2D eigenvalue weighted by Gasteiger charge is 2.01. The van der Waals surface area contributed by atoms with Crippen molar-refractivity contribution in [3.8, 4) is 17.6 Å². The molecule has 0 atom stereocenters. The van der Waals surface area contributed by atoms with Gasteiger partial charge in [-0.2, -0.15) is 0 Å². The lowest BCUT2D eigenvalue weighted by molar-refractivity contribution is -0.130. The summed E-state index contributed by atoms with van der Waals surface area (Å²) in [4.78, 5) is 10.4. The summed E-state index contributed by atoms with van der Waals surface area (Å²) in [5, 5.41) is 8.56. The molecule has 3 heteroatoms. The van der Waals surface area contributed by atoms with Crippen molar-refractivity contribution in [1.29, 1.82) is 0 Å². The number of benzene rings is 2. The molecule has 0 aliphatic carbocycles. The van der Waals surface area contributed by atoms with E-state index in [1.807, 2.05) is 36.4 Å². The van der Waals surface area contributed by atoms with Gasteiger partial charge in [0.2, 0.25) is 0 Å². The fraction of sp³-hybridized carbons (Fsp3) is 0.0625. The fourth-order valence-electron chi connectivity index (χ4n) is 1.55. The number of carboxylic acid groups (broad SMARTS) is 1. The predicted octanol–water partition coefficient (Wildman–Crippen LogP) is 2.70. The second kappa shape index (κ2) is 6.27. The van der Waals surface area contributed by atoms with Gasteiger partial charge in [0, 0.05) is 5.92 Å². The van der Waals surface area contributed by atoms with Crippen LogP contribution in [0.3, 0.4) is 0 Å². The van der Waals surface area contributed by atoms with Crippen molar-refractivity contribution in [3.63, 3.8) is 0 Å². The minimum Gasteiger partial charge on any atom is -0.488 e. The molecule has 0 aliphatic heterocycles. The van der Waals surface area contributed by atoms with Gasteiger partial charge in [0.1, 0.15) is 12.4 Å². The summed E-state index contributed by atoms with van der Waals surface area (Å²) in [6.07, 6.45) is 0. The SMILES string of the molecule is O=C(O)C#Cc1ccccc1OCc1ccccc1. The number of rotatable bonds is 3.